The van der Waals surface area contributed by atoms with Crippen molar-refractivity contribution in [3.05, 3.63) is 35.4 Å². The molecular formula is C15H22N2OS. The van der Waals surface area contributed by atoms with E-state index < -0.39 is 0 Å². The Morgan fingerprint density at radius 1 is 1.42 bits per heavy atom. The Morgan fingerprint density at radius 3 is 2.89 bits per heavy atom. The SMILES string of the molecule is Cc1ccc(CSCCNC(=O)[C@H]2CCNC2)cc1. The summed E-state index contributed by atoms with van der Waals surface area (Å²) < 4.78 is 0. The topological polar surface area (TPSA) is 41.1 Å². The van der Waals surface area contributed by atoms with Gasteiger partial charge in [-0.05, 0) is 25.5 Å². The molecule has 104 valence electrons. The number of hydrogen-bond donors (Lipinski definition) is 2. The van der Waals surface area contributed by atoms with Crippen molar-refractivity contribution in [1.29, 1.82) is 0 Å². The Bertz CT molecular complexity index is 399. The second-order valence-corrected chi connectivity index (χ2v) is 6.12. The molecule has 3 nitrogen and oxygen atoms in total. The summed E-state index contributed by atoms with van der Waals surface area (Å²) in [6, 6.07) is 8.63. The van der Waals surface area contributed by atoms with Crippen molar-refractivity contribution in [2.45, 2.75) is 19.1 Å². The van der Waals surface area contributed by atoms with Gasteiger partial charge in [-0.1, -0.05) is 29.8 Å². The van der Waals surface area contributed by atoms with Gasteiger partial charge in [-0.2, -0.15) is 11.8 Å². The van der Waals surface area contributed by atoms with Gasteiger partial charge in [-0.25, -0.2) is 0 Å². The van der Waals surface area contributed by atoms with E-state index in [0.29, 0.717) is 0 Å². The van der Waals surface area contributed by atoms with E-state index in [9.17, 15) is 4.79 Å². The first-order chi connectivity index (χ1) is 9.25. The Labute approximate surface area is 119 Å². The first-order valence-corrected chi connectivity index (χ1v) is 8.03. The van der Waals surface area contributed by atoms with E-state index in [1.807, 2.05) is 11.8 Å². The molecule has 4 heteroatoms. The Balaban J connectivity index is 1.56. The van der Waals surface area contributed by atoms with Gasteiger partial charge in [0.2, 0.25) is 5.91 Å². The Hall–Kier alpha value is -1.00. The van der Waals surface area contributed by atoms with Gasteiger partial charge in [-0.3, -0.25) is 4.79 Å². The van der Waals surface area contributed by atoms with Crippen LogP contribution in [0.25, 0.3) is 0 Å². The quantitative estimate of drug-likeness (QED) is 0.782. The number of amides is 1. The van der Waals surface area contributed by atoms with Crippen LogP contribution in [0.5, 0.6) is 0 Å². The second kappa shape index (κ2) is 7.56. The van der Waals surface area contributed by atoms with Crippen LogP contribution in [0.2, 0.25) is 0 Å². The fourth-order valence-electron chi connectivity index (χ4n) is 2.14. The smallest absolute Gasteiger partial charge is 0.224 e. The maximum atomic E-state index is 11.8. The standard InChI is InChI=1S/C15H22N2OS/c1-12-2-4-13(5-3-12)11-19-9-8-17-15(18)14-6-7-16-10-14/h2-5,14,16H,6-11H2,1H3,(H,17,18)/t14-/m0/s1. The first-order valence-electron chi connectivity index (χ1n) is 6.87. The molecule has 1 atom stereocenters. The summed E-state index contributed by atoms with van der Waals surface area (Å²) in [5.74, 6) is 2.38. The molecule has 2 rings (SSSR count). The van der Waals surface area contributed by atoms with E-state index in [0.717, 1.165) is 37.6 Å². The van der Waals surface area contributed by atoms with Crippen LogP contribution in [0, 0.1) is 12.8 Å². The van der Waals surface area contributed by atoms with E-state index >= 15 is 0 Å². The van der Waals surface area contributed by atoms with Crippen molar-refractivity contribution >= 4 is 17.7 Å². The van der Waals surface area contributed by atoms with Crippen molar-refractivity contribution in [2.24, 2.45) is 5.92 Å². The number of aryl methyl sites for hydroxylation is 1. The van der Waals surface area contributed by atoms with E-state index in [-0.39, 0.29) is 11.8 Å². The van der Waals surface area contributed by atoms with Crippen molar-refractivity contribution in [3.8, 4) is 0 Å². The van der Waals surface area contributed by atoms with Gasteiger partial charge in [0.25, 0.3) is 0 Å². The average Bonchev–Trinajstić information content (AvgIpc) is 2.94. The fraction of sp³-hybridized carbons (Fsp3) is 0.533. The summed E-state index contributed by atoms with van der Waals surface area (Å²) in [7, 11) is 0. The van der Waals surface area contributed by atoms with E-state index in [1.54, 1.807) is 0 Å². The molecule has 1 aromatic rings. The molecule has 1 saturated heterocycles. The van der Waals surface area contributed by atoms with Gasteiger partial charge in [0, 0.05) is 24.6 Å². The Kier molecular flexibility index (Phi) is 5.73. The molecule has 1 aromatic carbocycles. The van der Waals surface area contributed by atoms with Crippen molar-refractivity contribution in [2.75, 3.05) is 25.4 Å². The molecule has 0 bridgehead atoms. The molecule has 1 aliphatic rings. The van der Waals surface area contributed by atoms with Gasteiger partial charge < -0.3 is 10.6 Å². The minimum Gasteiger partial charge on any atom is -0.355 e. The van der Waals surface area contributed by atoms with Crippen LogP contribution in [0.15, 0.2) is 24.3 Å². The number of nitrogens with one attached hydrogen (secondary N) is 2. The van der Waals surface area contributed by atoms with Crippen molar-refractivity contribution < 1.29 is 4.79 Å². The molecule has 1 fully saturated rings. The number of hydrogen-bond acceptors (Lipinski definition) is 3. The lowest BCUT2D eigenvalue weighted by Crippen LogP contribution is -2.33. The molecule has 0 spiro atoms. The van der Waals surface area contributed by atoms with Gasteiger partial charge in [-0.15, -0.1) is 0 Å². The molecule has 0 saturated carbocycles. The summed E-state index contributed by atoms with van der Waals surface area (Å²) in [6.45, 7) is 4.68. The molecule has 0 aliphatic carbocycles. The third-order valence-electron chi connectivity index (χ3n) is 3.37. The van der Waals surface area contributed by atoms with Crippen molar-refractivity contribution in [3.63, 3.8) is 0 Å². The highest BCUT2D eigenvalue weighted by Gasteiger charge is 2.21. The largest absolute Gasteiger partial charge is 0.355 e. The number of carbonyl (C=O) groups is 1. The van der Waals surface area contributed by atoms with Gasteiger partial charge in [0.05, 0.1) is 5.92 Å². The molecule has 1 aliphatic heterocycles. The Morgan fingerprint density at radius 2 is 2.21 bits per heavy atom. The van der Waals surface area contributed by atoms with E-state index in [4.69, 9.17) is 0 Å². The van der Waals surface area contributed by atoms with E-state index in [2.05, 4.69) is 41.8 Å². The van der Waals surface area contributed by atoms with Crippen LogP contribution in [0.1, 0.15) is 17.5 Å². The summed E-state index contributed by atoms with van der Waals surface area (Å²) in [4.78, 5) is 11.8. The minimum absolute atomic E-state index is 0.182. The predicted molar refractivity (Wildman–Crippen MR) is 81.3 cm³/mol. The number of rotatable bonds is 6. The zero-order valence-electron chi connectivity index (χ0n) is 11.4. The molecular weight excluding hydrogens is 256 g/mol. The summed E-state index contributed by atoms with van der Waals surface area (Å²) >= 11 is 1.87. The first kappa shape index (κ1) is 14.4. The predicted octanol–water partition coefficient (Wildman–Crippen LogP) is 1.95. The number of benzene rings is 1. The van der Waals surface area contributed by atoms with Crippen molar-refractivity contribution in [1.82, 2.24) is 10.6 Å². The van der Waals surface area contributed by atoms with Crippen LogP contribution < -0.4 is 10.6 Å². The number of carbonyl (C=O) groups excluding carboxylic acids is 1. The highest BCUT2D eigenvalue weighted by atomic mass is 32.2. The van der Waals surface area contributed by atoms with Crippen LogP contribution in [0.3, 0.4) is 0 Å². The highest BCUT2D eigenvalue weighted by Crippen LogP contribution is 2.12. The van der Waals surface area contributed by atoms with Crippen LogP contribution >= 0.6 is 11.8 Å². The van der Waals surface area contributed by atoms with Crippen LogP contribution in [0.4, 0.5) is 0 Å². The summed E-state index contributed by atoms with van der Waals surface area (Å²) in [5, 5.41) is 6.24. The van der Waals surface area contributed by atoms with Gasteiger partial charge in [0.15, 0.2) is 0 Å². The number of thioether (sulfide) groups is 1. The molecule has 0 radical (unpaired) electrons. The molecule has 0 unspecified atom stereocenters. The second-order valence-electron chi connectivity index (χ2n) is 5.02. The van der Waals surface area contributed by atoms with Gasteiger partial charge in [0.1, 0.15) is 0 Å². The normalized spacial score (nSPS) is 18.5. The van der Waals surface area contributed by atoms with E-state index in [1.165, 1.54) is 11.1 Å². The lowest BCUT2D eigenvalue weighted by molar-refractivity contribution is -0.124. The average molecular weight is 278 g/mol. The fourth-order valence-corrected chi connectivity index (χ4v) is 2.96. The van der Waals surface area contributed by atoms with Crippen LogP contribution in [-0.4, -0.2) is 31.3 Å². The monoisotopic (exact) mass is 278 g/mol. The maximum absolute atomic E-state index is 11.8. The van der Waals surface area contributed by atoms with Gasteiger partial charge >= 0.3 is 0 Å². The molecule has 2 N–H and O–H groups in total. The molecule has 19 heavy (non-hydrogen) atoms. The summed E-state index contributed by atoms with van der Waals surface area (Å²) in [5.41, 5.74) is 2.65. The third kappa shape index (κ3) is 4.88. The minimum atomic E-state index is 0.182. The highest BCUT2D eigenvalue weighted by molar-refractivity contribution is 7.98. The molecule has 1 amide bonds. The molecule has 0 aromatic heterocycles. The lowest BCUT2D eigenvalue weighted by Gasteiger charge is -2.09. The zero-order valence-corrected chi connectivity index (χ0v) is 12.3. The maximum Gasteiger partial charge on any atom is 0.224 e. The van der Waals surface area contributed by atoms with Crippen LogP contribution in [-0.2, 0) is 10.5 Å². The summed E-state index contributed by atoms with van der Waals surface area (Å²) in [6.07, 6.45) is 0.975. The molecule has 1 heterocycles. The third-order valence-corrected chi connectivity index (χ3v) is 4.40. The lowest BCUT2D eigenvalue weighted by atomic mass is 10.1. The zero-order chi connectivity index (χ0) is 13.5.